The Morgan fingerprint density at radius 3 is 2.53 bits per heavy atom. The SMILES string of the molecule is CC(Nc1ccc(Cl)cc1)c1cccc([N+](=O)[O-])c1. The summed E-state index contributed by atoms with van der Waals surface area (Å²) in [7, 11) is 0. The molecule has 0 saturated heterocycles. The number of halogens is 1. The first kappa shape index (κ1) is 13.4. The monoisotopic (exact) mass is 276 g/mol. The molecule has 2 rings (SSSR count). The minimum absolute atomic E-state index is 0.0268. The lowest BCUT2D eigenvalue weighted by Crippen LogP contribution is -2.06. The fourth-order valence-corrected chi connectivity index (χ4v) is 1.91. The van der Waals surface area contributed by atoms with Crippen LogP contribution in [0.5, 0.6) is 0 Å². The first-order chi connectivity index (χ1) is 9.06. The Morgan fingerprint density at radius 1 is 1.21 bits per heavy atom. The van der Waals surface area contributed by atoms with Gasteiger partial charge in [0.1, 0.15) is 0 Å². The summed E-state index contributed by atoms with van der Waals surface area (Å²) in [5, 5.41) is 14.7. The summed E-state index contributed by atoms with van der Waals surface area (Å²) < 4.78 is 0. The molecule has 2 aromatic carbocycles. The molecule has 0 spiro atoms. The van der Waals surface area contributed by atoms with Crippen molar-refractivity contribution in [2.75, 3.05) is 5.32 Å². The van der Waals surface area contributed by atoms with Crippen LogP contribution in [0.1, 0.15) is 18.5 Å². The minimum atomic E-state index is -0.390. The molecule has 0 aliphatic heterocycles. The van der Waals surface area contributed by atoms with Gasteiger partial charge in [0, 0.05) is 28.9 Å². The number of nitro groups is 1. The van der Waals surface area contributed by atoms with Crippen LogP contribution >= 0.6 is 11.6 Å². The van der Waals surface area contributed by atoms with Crippen molar-refractivity contribution in [2.24, 2.45) is 0 Å². The van der Waals surface area contributed by atoms with Crippen molar-refractivity contribution >= 4 is 23.0 Å². The van der Waals surface area contributed by atoms with E-state index in [9.17, 15) is 10.1 Å². The molecule has 19 heavy (non-hydrogen) atoms. The number of nitrogens with one attached hydrogen (secondary N) is 1. The number of non-ortho nitro benzene ring substituents is 1. The maximum atomic E-state index is 10.7. The molecule has 0 aromatic heterocycles. The third-order valence-electron chi connectivity index (χ3n) is 2.81. The third kappa shape index (κ3) is 3.45. The van der Waals surface area contributed by atoms with Crippen molar-refractivity contribution in [2.45, 2.75) is 13.0 Å². The standard InChI is InChI=1S/C14H13ClN2O2/c1-10(16-13-7-5-12(15)6-8-13)11-3-2-4-14(9-11)17(18)19/h2-10,16H,1H3. The van der Waals surface area contributed by atoms with Crippen LogP contribution in [0.3, 0.4) is 0 Å². The number of anilines is 1. The highest BCUT2D eigenvalue weighted by Crippen LogP contribution is 2.23. The summed E-state index contributed by atoms with van der Waals surface area (Å²) >= 11 is 5.82. The number of nitrogens with zero attached hydrogens (tertiary/aromatic N) is 1. The fourth-order valence-electron chi connectivity index (χ4n) is 1.79. The zero-order valence-corrected chi connectivity index (χ0v) is 11.1. The fraction of sp³-hybridized carbons (Fsp3) is 0.143. The van der Waals surface area contributed by atoms with Gasteiger partial charge in [-0.05, 0) is 36.8 Å². The Kier molecular flexibility index (Phi) is 4.02. The van der Waals surface area contributed by atoms with Gasteiger partial charge in [0.2, 0.25) is 0 Å². The molecular weight excluding hydrogens is 264 g/mol. The second-order valence-electron chi connectivity index (χ2n) is 4.23. The summed E-state index contributed by atoms with van der Waals surface area (Å²) in [5.41, 5.74) is 1.88. The van der Waals surface area contributed by atoms with Crippen LogP contribution in [0, 0.1) is 10.1 Å². The van der Waals surface area contributed by atoms with Crippen LogP contribution in [0.25, 0.3) is 0 Å². The van der Waals surface area contributed by atoms with E-state index in [2.05, 4.69) is 5.32 Å². The molecule has 0 fully saturated rings. The number of hydrogen-bond donors (Lipinski definition) is 1. The molecule has 1 atom stereocenters. The van der Waals surface area contributed by atoms with Crippen molar-refractivity contribution in [1.82, 2.24) is 0 Å². The van der Waals surface area contributed by atoms with Gasteiger partial charge in [-0.1, -0.05) is 23.7 Å². The molecule has 0 aliphatic rings. The quantitative estimate of drug-likeness (QED) is 0.664. The third-order valence-corrected chi connectivity index (χ3v) is 3.06. The predicted octanol–water partition coefficient (Wildman–Crippen LogP) is 4.42. The van der Waals surface area contributed by atoms with E-state index >= 15 is 0 Å². The van der Waals surface area contributed by atoms with Crippen LogP contribution in [-0.2, 0) is 0 Å². The van der Waals surface area contributed by atoms with Crippen molar-refractivity contribution in [3.63, 3.8) is 0 Å². The van der Waals surface area contributed by atoms with Gasteiger partial charge in [0.25, 0.3) is 5.69 Å². The van der Waals surface area contributed by atoms with Gasteiger partial charge >= 0.3 is 0 Å². The molecule has 0 aliphatic carbocycles. The maximum Gasteiger partial charge on any atom is 0.269 e. The van der Waals surface area contributed by atoms with E-state index in [0.717, 1.165) is 11.3 Å². The molecule has 0 saturated carbocycles. The van der Waals surface area contributed by atoms with E-state index < -0.39 is 4.92 Å². The number of rotatable bonds is 4. The average molecular weight is 277 g/mol. The van der Waals surface area contributed by atoms with E-state index in [4.69, 9.17) is 11.6 Å². The van der Waals surface area contributed by atoms with Crippen molar-refractivity contribution in [3.05, 3.63) is 69.2 Å². The topological polar surface area (TPSA) is 55.2 Å². The van der Waals surface area contributed by atoms with Gasteiger partial charge in [0.15, 0.2) is 0 Å². The van der Waals surface area contributed by atoms with Crippen LogP contribution in [-0.4, -0.2) is 4.92 Å². The first-order valence-electron chi connectivity index (χ1n) is 5.83. The molecule has 0 amide bonds. The van der Waals surface area contributed by atoms with E-state index in [1.807, 2.05) is 25.1 Å². The Balaban J connectivity index is 2.15. The van der Waals surface area contributed by atoms with Gasteiger partial charge in [-0.3, -0.25) is 10.1 Å². The summed E-state index contributed by atoms with van der Waals surface area (Å²) in [5.74, 6) is 0. The van der Waals surface area contributed by atoms with Gasteiger partial charge in [-0.25, -0.2) is 0 Å². The highest BCUT2D eigenvalue weighted by molar-refractivity contribution is 6.30. The molecule has 1 unspecified atom stereocenters. The van der Waals surface area contributed by atoms with Crippen LogP contribution in [0.4, 0.5) is 11.4 Å². The second kappa shape index (κ2) is 5.71. The lowest BCUT2D eigenvalue weighted by Gasteiger charge is -2.15. The minimum Gasteiger partial charge on any atom is -0.379 e. The first-order valence-corrected chi connectivity index (χ1v) is 6.20. The predicted molar refractivity (Wildman–Crippen MR) is 76.6 cm³/mol. The van der Waals surface area contributed by atoms with Crippen LogP contribution < -0.4 is 5.32 Å². The van der Waals surface area contributed by atoms with Crippen molar-refractivity contribution in [1.29, 1.82) is 0 Å². The molecule has 0 radical (unpaired) electrons. The van der Waals surface area contributed by atoms with Crippen molar-refractivity contribution < 1.29 is 4.92 Å². The zero-order valence-electron chi connectivity index (χ0n) is 10.3. The van der Waals surface area contributed by atoms with Crippen molar-refractivity contribution in [3.8, 4) is 0 Å². The summed E-state index contributed by atoms with van der Waals surface area (Å²) in [6.45, 7) is 1.95. The van der Waals surface area contributed by atoms with Gasteiger partial charge in [-0.15, -0.1) is 0 Å². The normalized spacial score (nSPS) is 11.9. The van der Waals surface area contributed by atoms with E-state index in [1.54, 1.807) is 24.3 Å². The number of benzene rings is 2. The van der Waals surface area contributed by atoms with Gasteiger partial charge in [0.05, 0.1) is 4.92 Å². The Bertz CT molecular complexity index is 584. The van der Waals surface area contributed by atoms with E-state index in [-0.39, 0.29) is 11.7 Å². The Morgan fingerprint density at radius 2 is 1.89 bits per heavy atom. The lowest BCUT2D eigenvalue weighted by molar-refractivity contribution is -0.384. The summed E-state index contributed by atoms with van der Waals surface area (Å²) in [4.78, 5) is 10.4. The second-order valence-corrected chi connectivity index (χ2v) is 4.66. The van der Waals surface area contributed by atoms with Gasteiger partial charge in [-0.2, -0.15) is 0 Å². The Labute approximate surface area is 116 Å². The molecule has 2 aromatic rings. The zero-order chi connectivity index (χ0) is 13.8. The average Bonchev–Trinajstić information content (AvgIpc) is 2.41. The molecular formula is C14H13ClN2O2. The van der Waals surface area contributed by atoms with Gasteiger partial charge < -0.3 is 5.32 Å². The molecule has 98 valence electrons. The lowest BCUT2D eigenvalue weighted by atomic mass is 10.1. The van der Waals surface area contributed by atoms with E-state index in [0.29, 0.717) is 5.02 Å². The number of hydrogen-bond acceptors (Lipinski definition) is 3. The van der Waals surface area contributed by atoms with Crippen LogP contribution in [0.15, 0.2) is 48.5 Å². The molecule has 0 bridgehead atoms. The smallest absolute Gasteiger partial charge is 0.269 e. The number of nitro benzene ring substituents is 1. The summed E-state index contributed by atoms with van der Waals surface area (Å²) in [6, 6.07) is 13.9. The highest BCUT2D eigenvalue weighted by atomic mass is 35.5. The molecule has 0 heterocycles. The molecule has 4 nitrogen and oxygen atoms in total. The largest absolute Gasteiger partial charge is 0.379 e. The Hall–Kier alpha value is -2.07. The highest BCUT2D eigenvalue weighted by Gasteiger charge is 2.10. The van der Waals surface area contributed by atoms with E-state index in [1.165, 1.54) is 6.07 Å². The summed E-state index contributed by atoms with van der Waals surface area (Å²) in [6.07, 6.45) is 0. The molecule has 1 N–H and O–H groups in total. The molecule has 5 heteroatoms. The van der Waals surface area contributed by atoms with Crippen LogP contribution in [0.2, 0.25) is 5.02 Å². The maximum absolute atomic E-state index is 10.7.